The molecule has 0 aromatic heterocycles. The molecule has 0 bridgehead atoms. The van der Waals surface area contributed by atoms with E-state index in [9.17, 15) is 34.8 Å². The Morgan fingerprint density at radius 1 is 0.564 bits per heavy atom. The molecule has 0 aliphatic carbocycles. The van der Waals surface area contributed by atoms with Crippen molar-refractivity contribution in [1.29, 1.82) is 0 Å². The monoisotopic (exact) mass is 781 g/mol. The number of aliphatic hydroxyl groups excluding tert-OH is 3. The van der Waals surface area contributed by atoms with E-state index >= 15 is 0 Å². The molecule has 0 spiro atoms. The second kappa shape index (κ2) is 34.7. The van der Waals surface area contributed by atoms with Crippen LogP contribution in [0.3, 0.4) is 0 Å². The van der Waals surface area contributed by atoms with E-state index < -0.39 is 61.3 Å². The van der Waals surface area contributed by atoms with Gasteiger partial charge in [-0.1, -0.05) is 134 Å². The second-order valence-corrected chi connectivity index (χ2v) is 14.8. The number of carbonyl (C=O) groups is 3. The summed E-state index contributed by atoms with van der Waals surface area (Å²) >= 11 is 0. The lowest BCUT2D eigenvalue weighted by atomic mass is 9.99. The number of ether oxygens (including phenoxy) is 4. The van der Waals surface area contributed by atoms with E-state index in [0.717, 1.165) is 77.0 Å². The van der Waals surface area contributed by atoms with Crippen LogP contribution in [0.1, 0.15) is 174 Å². The molecule has 318 valence electrons. The Kier molecular flexibility index (Phi) is 31.8. The van der Waals surface area contributed by atoms with Crippen LogP contribution in [0.4, 0.5) is 0 Å². The summed E-state index contributed by atoms with van der Waals surface area (Å²) in [5, 5.41) is 39.7. The minimum Gasteiger partial charge on any atom is -0.479 e. The van der Waals surface area contributed by atoms with Gasteiger partial charge in [0, 0.05) is 12.8 Å². The highest BCUT2D eigenvalue weighted by Crippen LogP contribution is 2.23. The summed E-state index contributed by atoms with van der Waals surface area (Å²) in [6.45, 7) is 3.70. The Hall–Kier alpha value is -2.57. The van der Waals surface area contributed by atoms with Gasteiger partial charge >= 0.3 is 17.9 Å². The molecule has 1 heterocycles. The maximum Gasteiger partial charge on any atom is 0.335 e. The summed E-state index contributed by atoms with van der Waals surface area (Å²) in [7, 11) is 0. The normalized spacial score (nSPS) is 20.8. The molecule has 55 heavy (non-hydrogen) atoms. The van der Waals surface area contributed by atoms with Gasteiger partial charge in [0.15, 0.2) is 18.5 Å². The number of unbranched alkanes of at least 4 members (excludes halogenated alkanes) is 18. The molecule has 11 heteroatoms. The van der Waals surface area contributed by atoms with E-state index in [-0.39, 0.29) is 19.4 Å². The van der Waals surface area contributed by atoms with E-state index in [2.05, 4.69) is 50.3 Å². The maximum absolute atomic E-state index is 12.7. The molecular formula is C44H76O11. The molecule has 0 saturated carbocycles. The molecule has 4 N–H and O–H groups in total. The number of carboxylic acids is 1. The fraction of sp³-hybridized carbons (Fsp3) is 0.795. The Balaban J connectivity index is 2.34. The van der Waals surface area contributed by atoms with E-state index in [4.69, 9.17) is 18.9 Å². The van der Waals surface area contributed by atoms with Crippen molar-refractivity contribution in [2.75, 3.05) is 13.2 Å². The highest BCUT2D eigenvalue weighted by atomic mass is 16.7. The van der Waals surface area contributed by atoms with Crippen molar-refractivity contribution in [1.82, 2.24) is 0 Å². The summed E-state index contributed by atoms with van der Waals surface area (Å²) in [5.41, 5.74) is 0. The number of carbonyl (C=O) groups excluding carboxylic acids is 2. The van der Waals surface area contributed by atoms with E-state index in [1.807, 2.05) is 0 Å². The van der Waals surface area contributed by atoms with Crippen LogP contribution < -0.4 is 0 Å². The Morgan fingerprint density at radius 2 is 1.05 bits per heavy atom. The number of esters is 2. The zero-order valence-corrected chi connectivity index (χ0v) is 34.2. The number of allylic oxidation sites excluding steroid dienone is 6. The Morgan fingerprint density at radius 3 is 1.60 bits per heavy atom. The third kappa shape index (κ3) is 26.8. The molecular weight excluding hydrogens is 704 g/mol. The molecule has 6 atom stereocenters. The molecule has 11 nitrogen and oxygen atoms in total. The van der Waals surface area contributed by atoms with Gasteiger partial charge in [-0.2, -0.15) is 0 Å². The van der Waals surface area contributed by atoms with Crippen LogP contribution in [0.25, 0.3) is 0 Å². The predicted molar refractivity (Wildman–Crippen MR) is 215 cm³/mol. The molecule has 0 aromatic rings. The van der Waals surface area contributed by atoms with Crippen molar-refractivity contribution in [3.63, 3.8) is 0 Å². The van der Waals surface area contributed by atoms with E-state index in [0.29, 0.717) is 12.8 Å². The fourth-order valence-corrected chi connectivity index (χ4v) is 6.26. The van der Waals surface area contributed by atoms with Crippen molar-refractivity contribution in [3.05, 3.63) is 36.5 Å². The van der Waals surface area contributed by atoms with Crippen LogP contribution in [0, 0.1) is 0 Å². The molecule has 1 fully saturated rings. The van der Waals surface area contributed by atoms with Crippen LogP contribution in [-0.2, 0) is 33.3 Å². The summed E-state index contributed by atoms with van der Waals surface area (Å²) in [4.78, 5) is 36.7. The van der Waals surface area contributed by atoms with Crippen LogP contribution in [0.15, 0.2) is 36.5 Å². The highest BCUT2D eigenvalue weighted by molar-refractivity contribution is 5.73. The smallest absolute Gasteiger partial charge is 0.335 e. The van der Waals surface area contributed by atoms with Crippen molar-refractivity contribution in [2.24, 2.45) is 0 Å². The van der Waals surface area contributed by atoms with Crippen molar-refractivity contribution >= 4 is 17.9 Å². The van der Waals surface area contributed by atoms with Gasteiger partial charge in [0.1, 0.15) is 24.9 Å². The molecule has 0 radical (unpaired) electrons. The SMILES string of the molecule is CCC/C=C\CCCCCCCC(=O)OC(COC(=O)CCCCCCCCCCC/C=C\C/C=C\CCCCC)COC1OC(C(=O)O)C(O)C(O)C1O. The average Bonchev–Trinajstić information content (AvgIpc) is 3.17. The van der Waals surface area contributed by atoms with Gasteiger partial charge in [-0.3, -0.25) is 9.59 Å². The molecule has 0 amide bonds. The van der Waals surface area contributed by atoms with E-state index in [1.165, 1.54) is 57.8 Å². The van der Waals surface area contributed by atoms with Crippen molar-refractivity contribution < 1.29 is 53.8 Å². The van der Waals surface area contributed by atoms with Gasteiger partial charge in [-0.15, -0.1) is 0 Å². The molecule has 0 aromatic carbocycles. The maximum atomic E-state index is 12.7. The average molecular weight is 781 g/mol. The largest absolute Gasteiger partial charge is 0.479 e. The van der Waals surface area contributed by atoms with Crippen LogP contribution in [-0.4, -0.2) is 88.4 Å². The third-order valence-electron chi connectivity index (χ3n) is 9.69. The lowest BCUT2D eigenvalue weighted by molar-refractivity contribution is -0.298. The minimum atomic E-state index is -1.86. The van der Waals surface area contributed by atoms with Gasteiger partial charge in [0.05, 0.1) is 6.61 Å². The van der Waals surface area contributed by atoms with Crippen molar-refractivity contribution in [2.45, 2.75) is 211 Å². The zero-order valence-electron chi connectivity index (χ0n) is 34.2. The first-order valence-electron chi connectivity index (χ1n) is 21.5. The van der Waals surface area contributed by atoms with Gasteiger partial charge in [0.25, 0.3) is 0 Å². The quantitative estimate of drug-likeness (QED) is 0.0275. The number of hydrogen-bond donors (Lipinski definition) is 4. The van der Waals surface area contributed by atoms with Gasteiger partial charge in [-0.05, 0) is 64.2 Å². The molecule has 6 unspecified atom stereocenters. The van der Waals surface area contributed by atoms with Crippen LogP contribution in [0.5, 0.6) is 0 Å². The van der Waals surface area contributed by atoms with E-state index in [1.54, 1.807) is 0 Å². The Bertz CT molecular complexity index is 1060. The predicted octanol–water partition coefficient (Wildman–Crippen LogP) is 8.81. The summed E-state index contributed by atoms with van der Waals surface area (Å²) in [6.07, 6.45) is 29.2. The number of aliphatic carboxylic acids is 1. The molecule has 1 saturated heterocycles. The number of aliphatic hydroxyl groups is 3. The topological polar surface area (TPSA) is 169 Å². The number of rotatable bonds is 35. The first-order chi connectivity index (χ1) is 26.7. The molecule has 1 aliphatic rings. The van der Waals surface area contributed by atoms with Gasteiger partial charge < -0.3 is 39.4 Å². The summed E-state index contributed by atoms with van der Waals surface area (Å²) < 4.78 is 21.7. The van der Waals surface area contributed by atoms with Crippen molar-refractivity contribution in [3.8, 4) is 0 Å². The number of hydrogen-bond acceptors (Lipinski definition) is 10. The number of carboxylic acid groups (broad SMARTS) is 1. The third-order valence-corrected chi connectivity index (χ3v) is 9.69. The summed E-state index contributed by atoms with van der Waals surface area (Å²) in [5.74, 6) is -2.46. The minimum absolute atomic E-state index is 0.171. The van der Waals surface area contributed by atoms with Crippen LogP contribution >= 0.6 is 0 Å². The first kappa shape index (κ1) is 50.4. The standard InChI is InChI=1S/C44H76O11/c1-3-5-7-9-11-13-15-16-17-18-19-20-21-22-23-25-26-28-30-32-37(45)52-34-36(35-53-44-41(49)39(47)40(48)42(55-44)43(50)51)54-38(46)33-31-29-27-24-14-12-10-8-6-4-2/h8,10-11,13,16-17,36,39-42,44,47-49H,3-7,9,12,14-15,18-35H2,1-2H3,(H,50,51)/b10-8-,13-11-,17-16-. The lowest BCUT2D eigenvalue weighted by Gasteiger charge is -2.38. The fourth-order valence-electron chi connectivity index (χ4n) is 6.26. The van der Waals surface area contributed by atoms with Gasteiger partial charge in [0.2, 0.25) is 0 Å². The van der Waals surface area contributed by atoms with Crippen LogP contribution in [0.2, 0.25) is 0 Å². The molecule has 1 aliphatic heterocycles. The van der Waals surface area contributed by atoms with Gasteiger partial charge in [-0.25, -0.2) is 4.79 Å². The second-order valence-electron chi connectivity index (χ2n) is 14.8. The lowest BCUT2D eigenvalue weighted by Crippen LogP contribution is -2.60. The molecule has 1 rings (SSSR count). The highest BCUT2D eigenvalue weighted by Gasteiger charge is 2.47. The first-order valence-corrected chi connectivity index (χ1v) is 21.5. The Labute approximate surface area is 331 Å². The summed E-state index contributed by atoms with van der Waals surface area (Å²) in [6, 6.07) is 0. The zero-order chi connectivity index (χ0) is 40.4.